The van der Waals surface area contributed by atoms with Crippen LogP contribution in [0, 0.1) is 0 Å². The molecule has 30 heavy (non-hydrogen) atoms. The Hall–Kier alpha value is -2.62. The molecule has 3 aromatic rings. The summed E-state index contributed by atoms with van der Waals surface area (Å²) in [5.41, 5.74) is 1.46. The Morgan fingerprint density at radius 1 is 1.10 bits per heavy atom. The quantitative estimate of drug-likeness (QED) is 0.483. The van der Waals surface area contributed by atoms with E-state index in [1.807, 2.05) is 36.6 Å². The number of esters is 1. The molecule has 158 valence electrons. The lowest BCUT2D eigenvalue weighted by molar-refractivity contribution is -0.147. The molecule has 1 aromatic heterocycles. The van der Waals surface area contributed by atoms with Gasteiger partial charge in [0.15, 0.2) is 0 Å². The van der Waals surface area contributed by atoms with Gasteiger partial charge in [-0.05, 0) is 48.8 Å². The maximum Gasteiger partial charge on any atom is 0.324 e. The molecule has 7 nitrogen and oxygen atoms in total. The number of hydrogen-bond acceptors (Lipinski definition) is 6. The average molecular weight is 446 g/mol. The van der Waals surface area contributed by atoms with E-state index in [0.717, 1.165) is 5.69 Å². The first-order valence-electron chi connectivity index (χ1n) is 9.32. The zero-order valence-electron chi connectivity index (χ0n) is 16.5. The molecule has 0 spiro atoms. The van der Waals surface area contributed by atoms with Crippen LogP contribution in [0.2, 0.25) is 0 Å². The maximum absolute atomic E-state index is 12.6. The lowest BCUT2D eigenvalue weighted by atomic mass is 10.2. The van der Waals surface area contributed by atoms with E-state index in [9.17, 15) is 13.2 Å². The van der Waals surface area contributed by atoms with Crippen LogP contribution in [0.5, 0.6) is 0 Å². The zero-order chi connectivity index (χ0) is 21.4. The molecule has 0 aliphatic heterocycles. The molecule has 0 saturated carbocycles. The number of nitrogens with zero attached hydrogens (tertiary/aromatic N) is 2. The second kappa shape index (κ2) is 10.4. The summed E-state index contributed by atoms with van der Waals surface area (Å²) in [5, 5.41) is 4.39. The van der Waals surface area contributed by atoms with Gasteiger partial charge < -0.3 is 4.74 Å². The van der Waals surface area contributed by atoms with Gasteiger partial charge >= 0.3 is 5.97 Å². The minimum atomic E-state index is -3.83. The van der Waals surface area contributed by atoms with E-state index in [-0.39, 0.29) is 11.5 Å². The van der Waals surface area contributed by atoms with Crippen molar-refractivity contribution >= 4 is 27.8 Å². The first-order valence-corrected chi connectivity index (χ1v) is 12.2. The van der Waals surface area contributed by atoms with Crippen LogP contribution in [0.15, 0.2) is 77.8 Å². The summed E-state index contributed by atoms with van der Waals surface area (Å²) in [4.78, 5) is 12.7. The molecular weight excluding hydrogens is 422 g/mol. The predicted molar refractivity (Wildman–Crippen MR) is 117 cm³/mol. The minimum Gasteiger partial charge on any atom is -0.458 e. The standard InChI is InChI=1S/C21H23N3O4S2/c1-29-15-13-20(23-30(26,27)19-10-6-3-7-11-19)21(25)28-16-17-12-14-24(22-17)18-8-4-2-5-9-18/h2-12,14,20,23H,13,15-16H2,1H3. The van der Waals surface area contributed by atoms with E-state index in [2.05, 4.69) is 9.82 Å². The fraction of sp³-hybridized carbons (Fsp3) is 0.238. The molecule has 1 atom stereocenters. The Morgan fingerprint density at radius 2 is 1.77 bits per heavy atom. The number of thioether (sulfide) groups is 1. The van der Waals surface area contributed by atoms with Gasteiger partial charge in [-0.25, -0.2) is 13.1 Å². The summed E-state index contributed by atoms with van der Waals surface area (Å²) < 4.78 is 34.7. The van der Waals surface area contributed by atoms with Crippen LogP contribution in [0.25, 0.3) is 5.69 Å². The number of hydrogen-bond donors (Lipinski definition) is 1. The van der Waals surface area contributed by atoms with Crippen molar-refractivity contribution in [3.63, 3.8) is 0 Å². The molecule has 0 saturated heterocycles. The molecule has 1 heterocycles. The van der Waals surface area contributed by atoms with Crippen molar-refractivity contribution in [3.8, 4) is 5.69 Å². The van der Waals surface area contributed by atoms with Crippen molar-refractivity contribution in [1.29, 1.82) is 0 Å². The van der Waals surface area contributed by atoms with E-state index in [4.69, 9.17) is 4.74 Å². The van der Waals surface area contributed by atoms with Crippen LogP contribution in [-0.2, 0) is 26.2 Å². The highest BCUT2D eigenvalue weighted by Gasteiger charge is 2.26. The van der Waals surface area contributed by atoms with E-state index in [1.54, 1.807) is 35.1 Å². The van der Waals surface area contributed by atoms with Gasteiger partial charge in [0.2, 0.25) is 10.0 Å². The highest BCUT2D eigenvalue weighted by atomic mass is 32.2. The van der Waals surface area contributed by atoms with Gasteiger partial charge in [0.25, 0.3) is 0 Å². The smallest absolute Gasteiger partial charge is 0.324 e. The number of ether oxygens (including phenoxy) is 1. The second-order valence-electron chi connectivity index (χ2n) is 6.46. The molecule has 2 aromatic carbocycles. The van der Waals surface area contributed by atoms with Gasteiger partial charge in [0.1, 0.15) is 18.3 Å². The van der Waals surface area contributed by atoms with E-state index in [1.165, 1.54) is 23.9 Å². The molecule has 0 aliphatic rings. The number of aromatic nitrogens is 2. The Labute approximate surface area is 180 Å². The average Bonchev–Trinajstić information content (AvgIpc) is 3.25. The highest BCUT2D eigenvalue weighted by molar-refractivity contribution is 7.98. The van der Waals surface area contributed by atoms with Crippen molar-refractivity contribution in [2.75, 3.05) is 12.0 Å². The summed E-state index contributed by atoms with van der Waals surface area (Å²) in [6.45, 7) is -0.0402. The Balaban J connectivity index is 1.65. The van der Waals surface area contributed by atoms with Crippen LogP contribution in [0.3, 0.4) is 0 Å². The van der Waals surface area contributed by atoms with Gasteiger partial charge in [-0.2, -0.15) is 21.6 Å². The maximum atomic E-state index is 12.6. The molecular formula is C21H23N3O4S2. The number of para-hydroxylation sites is 1. The lowest BCUT2D eigenvalue weighted by Crippen LogP contribution is -2.42. The Morgan fingerprint density at radius 3 is 2.43 bits per heavy atom. The minimum absolute atomic E-state index is 0.0402. The van der Waals surface area contributed by atoms with E-state index < -0.39 is 22.0 Å². The summed E-state index contributed by atoms with van der Waals surface area (Å²) in [7, 11) is -3.83. The van der Waals surface area contributed by atoms with Gasteiger partial charge in [-0.1, -0.05) is 36.4 Å². The number of benzene rings is 2. The van der Waals surface area contributed by atoms with Crippen LogP contribution < -0.4 is 4.72 Å². The fourth-order valence-electron chi connectivity index (χ4n) is 2.72. The molecule has 0 aliphatic carbocycles. The third kappa shape index (κ3) is 5.94. The van der Waals surface area contributed by atoms with Crippen molar-refractivity contribution < 1.29 is 17.9 Å². The second-order valence-corrected chi connectivity index (χ2v) is 9.16. The monoisotopic (exact) mass is 445 g/mol. The summed E-state index contributed by atoms with van der Waals surface area (Å²) >= 11 is 1.53. The van der Waals surface area contributed by atoms with E-state index >= 15 is 0 Å². The van der Waals surface area contributed by atoms with Gasteiger partial charge in [0, 0.05) is 6.20 Å². The number of carbonyl (C=O) groups is 1. The van der Waals surface area contributed by atoms with Gasteiger partial charge in [0.05, 0.1) is 10.6 Å². The summed E-state index contributed by atoms with van der Waals surface area (Å²) in [6.07, 6.45) is 4.00. The third-order valence-electron chi connectivity index (χ3n) is 4.27. The van der Waals surface area contributed by atoms with Gasteiger partial charge in [-0.15, -0.1) is 0 Å². The number of carbonyl (C=O) groups excluding carboxylic acids is 1. The normalized spacial score (nSPS) is 12.4. The summed E-state index contributed by atoms with van der Waals surface area (Å²) in [5.74, 6) is -0.0162. The van der Waals surface area contributed by atoms with Crippen LogP contribution >= 0.6 is 11.8 Å². The van der Waals surface area contributed by atoms with Gasteiger partial charge in [-0.3, -0.25) is 4.79 Å². The van der Waals surface area contributed by atoms with E-state index in [0.29, 0.717) is 17.9 Å². The highest BCUT2D eigenvalue weighted by Crippen LogP contribution is 2.13. The molecule has 0 radical (unpaired) electrons. The Bertz CT molecular complexity index is 1050. The molecule has 1 unspecified atom stereocenters. The molecule has 0 amide bonds. The zero-order valence-corrected chi connectivity index (χ0v) is 18.1. The molecule has 3 rings (SSSR count). The molecule has 9 heteroatoms. The molecule has 1 N–H and O–H groups in total. The van der Waals surface area contributed by atoms with Crippen LogP contribution in [0.1, 0.15) is 12.1 Å². The van der Waals surface area contributed by atoms with Crippen molar-refractivity contribution in [2.45, 2.75) is 24.0 Å². The molecule has 0 bridgehead atoms. The van der Waals surface area contributed by atoms with Crippen LogP contribution in [-0.4, -0.2) is 42.2 Å². The largest absolute Gasteiger partial charge is 0.458 e. The third-order valence-corrected chi connectivity index (χ3v) is 6.40. The first-order chi connectivity index (χ1) is 14.5. The van der Waals surface area contributed by atoms with Crippen molar-refractivity contribution in [3.05, 3.63) is 78.6 Å². The van der Waals surface area contributed by atoms with Crippen LogP contribution in [0.4, 0.5) is 0 Å². The summed E-state index contributed by atoms with van der Waals surface area (Å²) in [6, 6.07) is 18.3. The SMILES string of the molecule is CSCCC(NS(=O)(=O)c1ccccc1)C(=O)OCc1ccn(-c2ccccc2)n1. The number of sulfonamides is 1. The Kier molecular flexibility index (Phi) is 7.67. The first kappa shape index (κ1) is 22.1. The van der Waals surface area contributed by atoms with Crippen molar-refractivity contribution in [1.82, 2.24) is 14.5 Å². The fourth-order valence-corrected chi connectivity index (χ4v) is 4.44. The topological polar surface area (TPSA) is 90.3 Å². The van der Waals surface area contributed by atoms with Crippen molar-refractivity contribution in [2.24, 2.45) is 0 Å². The lowest BCUT2D eigenvalue weighted by Gasteiger charge is -2.17. The molecule has 0 fully saturated rings. The number of nitrogens with one attached hydrogen (secondary N) is 1. The predicted octanol–water partition coefficient (Wildman–Crippen LogP) is 3.02. The number of rotatable bonds is 10.